The molecule has 184 valence electrons. The number of rotatable bonds is 4. The van der Waals surface area contributed by atoms with Crippen LogP contribution in [0.15, 0.2) is 47.9 Å². The van der Waals surface area contributed by atoms with Gasteiger partial charge in [0.05, 0.1) is 5.70 Å². The lowest BCUT2D eigenvalue weighted by molar-refractivity contribution is -0.118. The first-order valence-corrected chi connectivity index (χ1v) is 13.6. The second-order valence-electron chi connectivity index (χ2n) is 11.4. The van der Waals surface area contributed by atoms with Crippen LogP contribution in [0.25, 0.3) is 5.70 Å². The van der Waals surface area contributed by atoms with Gasteiger partial charge in [-0.05, 0) is 73.6 Å². The second-order valence-corrected chi connectivity index (χ2v) is 11.4. The van der Waals surface area contributed by atoms with Crippen molar-refractivity contribution >= 4 is 17.3 Å². The molecule has 0 N–H and O–H groups in total. The van der Waals surface area contributed by atoms with Crippen LogP contribution in [-0.4, -0.2) is 53.6 Å². The highest BCUT2D eigenvalue weighted by Crippen LogP contribution is 2.46. The molecule has 0 amide bonds. The highest BCUT2D eigenvalue weighted by Gasteiger charge is 2.40. The molecule has 5 nitrogen and oxygen atoms in total. The molecule has 0 radical (unpaired) electrons. The number of Topliss-reactive ketones (excluding diaryl/α,β-unsaturated/α-hetero) is 1. The molecule has 1 aromatic rings. The molecule has 2 aliphatic carbocycles. The molecule has 1 saturated carbocycles. The number of nitrogens with zero attached hydrogens (tertiary/aromatic N) is 2. The van der Waals surface area contributed by atoms with E-state index in [2.05, 4.69) is 27.7 Å². The highest BCUT2D eigenvalue weighted by atomic mass is 16.5. The van der Waals surface area contributed by atoms with Crippen molar-refractivity contribution in [2.24, 2.45) is 11.3 Å². The normalized spacial score (nSPS) is 28.2. The molecule has 1 aromatic carbocycles. The average Bonchev–Trinajstić information content (AvgIpc) is 3.28. The molecule has 3 aliphatic heterocycles. The lowest BCUT2D eigenvalue weighted by atomic mass is 9.77. The molecule has 0 bridgehead atoms. The van der Waals surface area contributed by atoms with Crippen LogP contribution in [-0.2, 0) is 9.59 Å². The van der Waals surface area contributed by atoms with Gasteiger partial charge in [-0.2, -0.15) is 0 Å². The number of ketones is 2. The Kier molecular flexibility index (Phi) is 6.16. The molecule has 5 heteroatoms. The molecule has 2 unspecified atom stereocenters. The number of piperazine rings is 1. The van der Waals surface area contributed by atoms with Crippen molar-refractivity contribution in [3.05, 3.63) is 53.5 Å². The smallest absolute Gasteiger partial charge is 0.159 e. The number of allylic oxidation sites excluding steroid dienone is 2. The van der Waals surface area contributed by atoms with E-state index < -0.39 is 0 Å². The quantitative estimate of drug-likeness (QED) is 0.569. The fraction of sp³-hybridized carbons (Fsp3) is 0.567. The second kappa shape index (κ2) is 9.44. The first-order chi connectivity index (χ1) is 17.1. The van der Waals surface area contributed by atoms with E-state index in [-0.39, 0.29) is 17.0 Å². The maximum Gasteiger partial charge on any atom is 0.159 e. The van der Waals surface area contributed by atoms with E-state index in [1.165, 1.54) is 25.7 Å². The van der Waals surface area contributed by atoms with Crippen LogP contribution in [0.2, 0.25) is 0 Å². The Morgan fingerprint density at radius 2 is 1.89 bits per heavy atom. The number of hydrogen-bond donors (Lipinski definition) is 0. The summed E-state index contributed by atoms with van der Waals surface area (Å²) in [7, 11) is 0. The fourth-order valence-corrected chi connectivity index (χ4v) is 7.21. The Labute approximate surface area is 208 Å². The van der Waals surface area contributed by atoms with E-state index in [0.29, 0.717) is 24.8 Å². The molecular weight excluding hydrogens is 436 g/mol. The number of fused-ring (bicyclic) bond motifs is 2. The van der Waals surface area contributed by atoms with E-state index in [0.717, 1.165) is 74.4 Å². The van der Waals surface area contributed by atoms with E-state index in [9.17, 15) is 9.59 Å². The minimum atomic E-state index is -0.0280. The molecule has 0 aromatic heterocycles. The van der Waals surface area contributed by atoms with Gasteiger partial charge in [0, 0.05) is 50.6 Å². The number of para-hydroxylation sites is 1. The van der Waals surface area contributed by atoms with Gasteiger partial charge in [0.1, 0.15) is 12.0 Å². The van der Waals surface area contributed by atoms with Gasteiger partial charge in [-0.25, -0.2) is 0 Å². The Morgan fingerprint density at radius 3 is 2.77 bits per heavy atom. The minimum absolute atomic E-state index is 0.0280. The first-order valence-electron chi connectivity index (χ1n) is 13.6. The maximum absolute atomic E-state index is 13.0. The Hall–Kier alpha value is -2.62. The summed E-state index contributed by atoms with van der Waals surface area (Å²) in [6, 6.07) is 8.77. The zero-order valence-corrected chi connectivity index (χ0v) is 20.6. The van der Waals surface area contributed by atoms with Crippen molar-refractivity contribution in [3.63, 3.8) is 0 Å². The molecule has 5 aliphatic rings. The lowest BCUT2D eigenvalue weighted by Gasteiger charge is -2.47. The minimum Gasteiger partial charge on any atom is -0.456 e. The summed E-state index contributed by atoms with van der Waals surface area (Å²) in [5.74, 6) is 1.95. The third-order valence-corrected chi connectivity index (χ3v) is 9.11. The predicted molar refractivity (Wildman–Crippen MR) is 136 cm³/mol. The Morgan fingerprint density at radius 1 is 1.03 bits per heavy atom. The van der Waals surface area contributed by atoms with Gasteiger partial charge < -0.3 is 9.64 Å². The van der Waals surface area contributed by atoms with Crippen molar-refractivity contribution in [1.29, 1.82) is 0 Å². The highest BCUT2D eigenvalue weighted by molar-refractivity contribution is 6.05. The summed E-state index contributed by atoms with van der Waals surface area (Å²) in [5.41, 5.74) is 6.41. The van der Waals surface area contributed by atoms with E-state index in [4.69, 9.17) is 4.74 Å². The summed E-state index contributed by atoms with van der Waals surface area (Å²) in [6.07, 6.45) is 13.2. The van der Waals surface area contributed by atoms with E-state index in [1.54, 1.807) is 12.3 Å². The summed E-state index contributed by atoms with van der Waals surface area (Å²) < 4.78 is 5.65. The van der Waals surface area contributed by atoms with Gasteiger partial charge in [0.15, 0.2) is 11.6 Å². The van der Waals surface area contributed by atoms with Crippen molar-refractivity contribution in [3.8, 4) is 5.75 Å². The topological polar surface area (TPSA) is 49.9 Å². The average molecular weight is 473 g/mol. The zero-order chi connectivity index (χ0) is 23.8. The summed E-state index contributed by atoms with van der Waals surface area (Å²) in [5, 5.41) is 0. The summed E-state index contributed by atoms with van der Waals surface area (Å²) >= 11 is 0. The number of benzene rings is 1. The van der Waals surface area contributed by atoms with Crippen LogP contribution in [0, 0.1) is 11.3 Å². The van der Waals surface area contributed by atoms with Gasteiger partial charge in [0.25, 0.3) is 0 Å². The predicted octanol–water partition coefficient (Wildman–Crippen LogP) is 5.13. The summed E-state index contributed by atoms with van der Waals surface area (Å²) in [4.78, 5) is 30.8. The van der Waals surface area contributed by atoms with Crippen molar-refractivity contribution in [2.75, 3.05) is 26.2 Å². The molecule has 2 saturated heterocycles. The van der Waals surface area contributed by atoms with Crippen LogP contribution < -0.4 is 4.74 Å². The van der Waals surface area contributed by atoms with E-state index in [1.807, 2.05) is 12.1 Å². The van der Waals surface area contributed by atoms with Crippen LogP contribution >= 0.6 is 0 Å². The largest absolute Gasteiger partial charge is 0.456 e. The van der Waals surface area contributed by atoms with Gasteiger partial charge in [0.2, 0.25) is 0 Å². The van der Waals surface area contributed by atoms with Crippen molar-refractivity contribution < 1.29 is 14.3 Å². The number of carbonyl (C=O) groups excluding carboxylic acids is 2. The van der Waals surface area contributed by atoms with Crippen LogP contribution in [0.5, 0.6) is 5.75 Å². The van der Waals surface area contributed by atoms with Crippen LogP contribution in [0.1, 0.15) is 69.8 Å². The first kappa shape index (κ1) is 22.8. The number of ether oxygens (including phenoxy) is 1. The lowest BCUT2D eigenvalue weighted by Crippen LogP contribution is -2.55. The summed E-state index contributed by atoms with van der Waals surface area (Å²) in [6.45, 7) is 4.18. The molecular formula is C30H36N2O3. The Bertz CT molecular complexity index is 1110. The molecule has 2 atom stereocenters. The molecule has 3 heterocycles. The van der Waals surface area contributed by atoms with E-state index >= 15 is 0 Å². The standard InChI is InChI=1S/C30H36N2O3/c33-25-17-23(28(34)19-30(18-25)12-3-4-13-30)9-7-22-8-10-24-21-32(15-14-31(24)20-22)27-11-16-35-29-6-2-1-5-26(27)29/h1-2,5-6,16-17,22,24H,3-4,7-10,12-15,18-21H2. The molecule has 1 spiro atoms. The number of carbonyl (C=O) groups is 2. The molecule has 6 rings (SSSR count). The van der Waals surface area contributed by atoms with Gasteiger partial charge in [-0.15, -0.1) is 0 Å². The number of piperidine rings is 1. The number of hydrogen-bond acceptors (Lipinski definition) is 5. The zero-order valence-electron chi connectivity index (χ0n) is 20.6. The third-order valence-electron chi connectivity index (χ3n) is 9.11. The third kappa shape index (κ3) is 4.64. The molecule has 35 heavy (non-hydrogen) atoms. The van der Waals surface area contributed by atoms with Gasteiger partial charge in [-0.1, -0.05) is 30.7 Å². The maximum atomic E-state index is 13.0. The van der Waals surface area contributed by atoms with Crippen molar-refractivity contribution in [1.82, 2.24) is 9.80 Å². The van der Waals surface area contributed by atoms with Gasteiger partial charge >= 0.3 is 0 Å². The van der Waals surface area contributed by atoms with Crippen molar-refractivity contribution in [2.45, 2.75) is 70.3 Å². The van der Waals surface area contributed by atoms with Crippen LogP contribution in [0.3, 0.4) is 0 Å². The molecule has 3 fully saturated rings. The Balaban J connectivity index is 1.04. The SMILES string of the molecule is O=C1C=C(CCC2CCC3CN(C4=C=COc5ccccc54)CCN3C2)C(=O)CC2(CCCC2)C1. The van der Waals surface area contributed by atoms with Crippen LogP contribution in [0.4, 0.5) is 0 Å². The monoisotopic (exact) mass is 472 g/mol. The fourth-order valence-electron chi connectivity index (χ4n) is 7.21. The van der Waals surface area contributed by atoms with Gasteiger partial charge in [-0.3, -0.25) is 14.5 Å².